The van der Waals surface area contributed by atoms with Crippen molar-refractivity contribution in [2.24, 2.45) is 0 Å². The van der Waals surface area contributed by atoms with Crippen molar-refractivity contribution in [2.75, 3.05) is 26.2 Å². The molecule has 3 rings (SSSR count). The zero-order chi connectivity index (χ0) is 18.0. The maximum Gasteiger partial charge on any atom is 0.142 e. The van der Waals surface area contributed by atoms with E-state index in [-0.39, 0.29) is 5.41 Å². The number of likely N-dealkylation sites (tertiary alicyclic amines) is 2. The average Bonchev–Trinajstić information content (AvgIpc) is 2.54. The fourth-order valence-electron chi connectivity index (χ4n) is 4.87. The van der Waals surface area contributed by atoms with Gasteiger partial charge in [-0.2, -0.15) is 0 Å². The summed E-state index contributed by atoms with van der Waals surface area (Å²) in [5.74, 6) is 0.999. The molecule has 0 aromatic carbocycles. The van der Waals surface area contributed by atoms with Crippen molar-refractivity contribution in [3.63, 3.8) is 0 Å². The summed E-state index contributed by atoms with van der Waals surface area (Å²) in [4.78, 5) is 15.0. The lowest BCUT2D eigenvalue weighted by atomic mass is 9.85. The van der Waals surface area contributed by atoms with Gasteiger partial charge in [0.25, 0.3) is 0 Å². The van der Waals surface area contributed by atoms with Gasteiger partial charge in [0.2, 0.25) is 0 Å². The molecule has 3 heterocycles. The Morgan fingerprint density at radius 3 is 1.96 bits per heavy atom. The van der Waals surface area contributed by atoms with Crippen LogP contribution >= 0.6 is 0 Å². The normalized spacial score (nSPS) is 21.6. The van der Waals surface area contributed by atoms with E-state index in [9.17, 15) is 0 Å². The Balaban J connectivity index is 1.59. The Kier molecular flexibility index (Phi) is 5.79. The first-order chi connectivity index (χ1) is 11.8. The molecule has 4 heteroatoms. The molecule has 1 aromatic rings. The van der Waals surface area contributed by atoms with Gasteiger partial charge in [-0.05, 0) is 58.0 Å². The van der Waals surface area contributed by atoms with Gasteiger partial charge in [0, 0.05) is 36.1 Å². The SMILES string of the molecule is Cc1nc(CN2CCC(N3CCCCC3)CC2)nc(C)c1C(C)(C)C. The number of aryl methyl sites for hydroxylation is 2. The van der Waals surface area contributed by atoms with E-state index in [0.717, 1.165) is 29.8 Å². The van der Waals surface area contributed by atoms with Crippen molar-refractivity contribution in [3.05, 3.63) is 22.8 Å². The third kappa shape index (κ3) is 4.59. The molecule has 2 aliphatic rings. The smallest absolute Gasteiger partial charge is 0.142 e. The Hall–Kier alpha value is -1.00. The second-order valence-corrected chi connectivity index (χ2v) is 9.04. The third-order valence-electron chi connectivity index (χ3n) is 5.90. The highest BCUT2D eigenvalue weighted by Crippen LogP contribution is 2.27. The molecule has 0 atom stereocenters. The molecule has 2 aliphatic heterocycles. The molecule has 0 spiro atoms. The van der Waals surface area contributed by atoms with E-state index in [4.69, 9.17) is 9.97 Å². The summed E-state index contributed by atoms with van der Waals surface area (Å²) in [7, 11) is 0. The van der Waals surface area contributed by atoms with E-state index in [1.54, 1.807) is 0 Å². The molecular formula is C21H36N4. The van der Waals surface area contributed by atoms with Crippen LogP contribution in [0, 0.1) is 13.8 Å². The Bertz CT molecular complexity index is 553. The van der Waals surface area contributed by atoms with Gasteiger partial charge < -0.3 is 4.90 Å². The first-order valence-electron chi connectivity index (χ1n) is 10.2. The van der Waals surface area contributed by atoms with Crippen molar-refractivity contribution in [2.45, 2.75) is 84.7 Å². The second-order valence-electron chi connectivity index (χ2n) is 9.04. The minimum Gasteiger partial charge on any atom is -0.300 e. The topological polar surface area (TPSA) is 32.3 Å². The van der Waals surface area contributed by atoms with E-state index in [2.05, 4.69) is 44.4 Å². The number of hydrogen-bond acceptors (Lipinski definition) is 4. The molecule has 4 nitrogen and oxygen atoms in total. The predicted octanol–water partition coefficient (Wildman–Crippen LogP) is 3.84. The number of hydrogen-bond donors (Lipinski definition) is 0. The standard InChI is InChI=1S/C21H36N4/c1-16-20(21(3,4)5)17(2)23-19(22-16)15-24-13-9-18(10-14-24)25-11-7-6-8-12-25/h18H,6-15H2,1-5H3. The van der Waals surface area contributed by atoms with Crippen LogP contribution in [0.2, 0.25) is 0 Å². The summed E-state index contributed by atoms with van der Waals surface area (Å²) in [6, 6.07) is 0.809. The minimum absolute atomic E-state index is 0.111. The van der Waals surface area contributed by atoms with E-state index in [1.165, 1.54) is 63.8 Å². The monoisotopic (exact) mass is 344 g/mol. The number of rotatable bonds is 3. The van der Waals surface area contributed by atoms with Crippen LogP contribution in [-0.4, -0.2) is 52.0 Å². The molecule has 0 saturated carbocycles. The fraction of sp³-hybridized carbons (Fsp3) is 0.810. The lowest BCUT2D eigenvalue weighted by molar-refractivity contribution is 0.0885. The van der Waals surface area contributed by atoms with Gasteiger partial charge in [-0.25, -0.2) is 9.97 Å². The number of nitrogens with zero attached hydrogens (tertiary/aromatic N) is 4. The van der Waals surface area contributed by atoms with Crippen LogP contribution in [-0.2, 0) is 12.0 Å². The molecule has 0 N–H and O–H groups in total. The quantitative estimate of drug-likeness (QED) is 0.834. The summed E-state index contributed by atoms with van der Waals surface area (Å²) in [5.41, 5.74) is 3.72. The molecule has 140 valence electrons. The average molecular weight is 345 g/mol. The van der Waals surface area contributed by atoms with Crippen molar-refractivity contribution in [3.8, 4) is 0 Å². The van der Waals surface area contributed by atoms with E-state index < -0.39 is 0 Å². The van der Waals surface area contributed by atoms with Gasteiger partial charge >= 0.3 is 0 Å². The molecule has 2 saturated heterocycles. The summed E-state index contributed by atoms with van der Waals surface area (Å²) < 4.78 is 0. The maximum absolute atomic E-state index is 4.84. The van der Waals surface area contributed by atoms with Gasteiger partial charge in [-0.3, -0.25) is 4.90 Å². The van der Waals surface area contributed by atoms with E-state index in [1.807, 2.05) is 0 Å². The first-order valence-corrected chi connectivity index (χ1v) is 10.2. The molecule has 0 aliphatic carbocycles. The largest absolute Gasteiger partial charge is 0.300 e. The lowest BCUT2D eigenvalue weighted by Crippen LogP contribution is -2.46. The van der Waals surface area contributed by atoms with Crippen molar-refractivity contribution >= 4 is 0 Å². The highest BCUT2D eigenvalue weighted by molar-refractivity contribution is 5.31. The minimum atomic E-state index is 0.111. The molecule has 0 amide bonds. The van der Waals surface area contributed by atoms with Crippen molar-refractivity contribution < 1.29 is 0 Å². The molecule has 0 bridgehead atoms. The summed E-state index contributed by atoms with van der Waals surface area (Å²) >= 11 is 0. The van der Waals surface area contributed by atoms with Crippen LogP contribution < -0.4 is 0 Å². The van der Waals surface area contributed by atoms with Crippen LogP contribution in [0.25, 0.3) is 0 Å². The molecular weight excluding hydrogens is 308 g/mol. The van der Waals surface area contributed by atoms with Gasteiger partial charge in [0.05, 0.1) is 6.54 Å². The van der Waals surface area contributed by atoms with Gasteiger partial charge in [-0.15, -0.1) is 0 Å². The van der Waals surface area contributed by atoms with Crippen LogP contribution in [0.3, 0.4) is 0 Å². The zero-order valence-electron chi connectivity index (χ0n) is 16.9. The Labute approximate surface area is 154 Å². The van der Waals surface area contributed by atoms with Crippen molar-refractivity contribution in [1.29, 1.82) is 0 Å². The second kappa shape index (κ2) is 7.71. The van der Waals surface area contributed by atoms with Crippen molar-refractivity contribution in [1.82, 2.24) is 19.8 Å². The maximum atomic E-state index is 4.84. The molecule has 0 unspecified atom stereocenters. The van der Waals surface area contributed by atoms with Crippen LogP contribution in [0.5, 0.6) is 0 Å². The lowest BCUT2D eigenvalue weighted by Gasteiger charge is -2.40. The summed E-state index contributed by atoms with van der Waals surface area (Å²) in [6.45, 7) is 16.9. The molecule has 0 radical (unpaired) electrons. The molecule has 25 heavy (non-hydrogen) atoms. The summed E-state index contributed by atoms with van der Waals surface area (Å²) in [5, 5.41) is 0. The van der Waals surface area contributed by atoms with Crippen LogP contribution in [0.1, 0.15) is 75.7 Å². The zero-order valence-corrected chi connectivity index (χ0v) is 16.9. The molecule has 1 aromatic heterocycles. The highest BCUT2D eigenvalue weighted by Gasteiger charge is 2.26. The van der Waals surface area contributed by atoms with Gasteiger partial charge in [-0.1, -0.05) is 27.2 Å². The van der Waals surface area contributed by atoms with E-state index in [0.29, 0.717) is 0 Å². The Morgan fingerprint density at radius 2 is 1.44 bits per heavy atom. The summed E-state index contributed by atoms with van der Waals surface area (Å²) in [6.07, 6.45) is 6.82. The third-order valence-corrected chi connectivity index (χ3v) is 5.90. The number of piperidine rings is 2. The fourth-order valence-corrected chi connectivity index (χ4v) is 4.87. The first kappa shape index (κ1) is 18.8. The van der Waals surface area contributed by atoms with E-state index >= 15 is 0 Å². The highest BCUT2D eigenvalue weighted by atomic mass is 15.2. The number of aromatic nitrogens is 2. The van der Waals surface area contributed by atoms with Crippen LogP contribution in [0.15, 0.2) is 0 Å². The van der Waals surface area contributed by atoms with Gasteiger partial charge in [0.15, 0.2) is 0 Å². The van der Waals surface area contributed by atoms with Crippen LogP contribution in [0.4, 0.5) is 0 Å². The predicted molar refractivity (Wildman–Crippen MR) is 104 cm³/mol. The Morgan fingerprint density at radius 1 is 0.880 bits per heavy atom. The van der Waals surface area contributed by atoms with Gasteiger partial charge in [0.1, 0.15) is 5.82 Å². The molecule has 2 fully saturated rings.